The van der Waals surface area contributed by atoms with Crippen LogP contribution in [0.3, 0.4) is 0 Å². The Morgan fingerprint density at radius 1 is 1.30 bits per heavy atom. The van der Waals surface area contributed by atoms with Crippen molar-refractivity contribution in [2.45, 2.75) is 27.3 Å². The molecule has 0 unspecified atom stereocenters. The zero-order chi connectivity index (χ0) is 22.4. The molecule has 1 aromatic heterocycles. The molecule has 7 nitrogen and oxygen atoms in total. The highest BCUT2D eigenvalue weighted by Gasteiger charge is 2.15. The Labute approximate surface area is 184 Å². The quantitative estimate of drug-likeness (QED) is 0.393. The lowest BCUT2D eigenvalue weighted by Crippen LogP contribution is -2.16. The molecule has 0 fully saturated rings. The Kier molecular flexibility index (Phi) is 7.81. The summed E-state index contributed by atoms with van der Waals surface area (Å²) in [7, 11) is 0. The summed E-state index contributed by atoms with van der Waals surface area (Å²) in [4.78, 5) is 23.8. The lowest BCUT2D eigenvalue weighted by molar-refractivity contribution is -0.141. The minimum atomic E-state index is -0.726. The van der Waals surface area contributed by atoms with Crippen LogP contribution in [0.2, 0.25) is 10.0 Å². The molecule has 1 aromatic carbocycles. The summed E-state index contributed by atoms with van der Waals surface area (Å²) in [5, 5.41) is 14.5. The maximum absolute atomic E-state index is 12.0. The molecule has 156 valence electrons. The highest BCUT2D eigenvalue weighted by molar-refractivity contribution is 6.35. The number of esters is 1. The minimum Gasteiger partial charge on any atom is -0.454 e. The second kappa shape index (κ2) is 10.1. The van der Waals surface area contributed by atoms with Gasteiger partial charge in [-0.15, -0.1) is 0 Å². The van der Waals surface area contributed by atoms with E-state index < -0.39 is 18.4 Å². The van der Waals surface area contributed by atoms with Crippen LogP contribution < -0.4 is 5.73 Å². The van der Waals surface area contributed by atoms with Crippen molar-refractivity contribution in [3.63, 3.8) is 0 Å². The van der Waals surface area contributed by atoms with Gasteiger partial charge in [-0.25, -0.2) is 4.79 Å². The van der Waals surface area contributed by atoms with Gasteiger partial charge in [0.05, 0.1) is 12.2 Å². The summed E-state index contributed by atoms with van der Waals surface area (Å²) in [5.74, 6) is -1.38. The molecule has 2 N–H and O–H groups in total. The van der Waals surface area contributed by atoms with E-state index in [0.29, 0.717) is 22.3 Å². The number of aryl methyl sites for hydroxylation is 1. The van der Waals surface area contributed by atoms with Gasteiger partial charge in [-0.1, -0.05) is 29.3 Å². The highest BCUT2D eigenvalue weighted by atomic mass is 35.5. The molecule has 0 aliphatic rings. The predicted octanol–water partition coefficient (Wildman–Crippen LogP) is 3.74. The monoisotopic (exact) mass is 446 g/mol. The second-order valence-corrected chi connectivity index (χ2v) is 7.29. The molecule has 0 radical (unpaired) electrons. The largest absolute Gasteiger partial charge is 0.454 e. The van der Waals surface area contributed by atoms with Crippen LogP contribution in [0.1, 0.15) is 29.4 Å². The second-order valence-electron chi connectivity index (χ2n) is 6.48. The van der Waals surface area contributed by atoms with Crippen LogP contribution in [0.4, 0.5) is 0 Å². The molecule has 9 heteroatoms. The van der Waals surface area contributed by atoms with E-state index in [0.717, 1.165) is 16.8 Å². The zero-order valence-corrected chi connectivity index (χ0v) is 18.2. The van der Waals surface area contributed by atoms with E-state index in [-0.39, 0.29) is 11.3 Å². The van der Waals surface area contributed by atoms with Crippen LogP contribution in [-0.2, 0) is 20.9 Å². The first kappa shape index (κ1) is 23.2. The molecule has 2 aromatic rings. The first-order valence-electron chi connectivity index (χ1n) is 8.87. The van der Waals surface area contributed by atoms with Gasteiger partial charge in [-0.3, -0.25) is 9.48 Å². The number of ether oxygens (including phenoxy) is 1. The van der Waals surface area contributed by atoms with Gasteiger partial charge in [-0.2, -0.15) is 10.4 Å². The van der Waals surface area contributed by atoms with Crippen molar-refractivity contribution in [3.8, 4) is 6.07 Å². The number of aromatic nitrogens is 2. The standard InChI is InChI=1S/C21H20Cl2N4O3/c1-12(25)16(9-24)20(28)11-30-21(29)8-7-15-13(2)26-27(14(15)3)10-17-18(22)5-4-6-19(17)23/h4-8H,10-11,25H2,1-3H3/b8-7+,16-12+. The molecule has 30 heavy (non-hydrogen) atoms. The van der Waals surface area contributed by atoms with Crippen LogP contribution in [0.5, 0.6) is 0 Å². The summed E-state index contributed by atoms with van der Waals surface area (Å²) in [6, 6.07) is 6.97. The van der Waals surface area contributed by atoms with Crippen molar-refractivity contribution < 1.29 is 14.3 Å². The molecule has 2 rings (SSSR count). The molecular weight excluding hydrogens is 427 g/mol. The van der Waals surface area contributed by atoms with E-state index in [1.807, 2.05) is 6.92 Å². The summed E-state index contributed by atoms with van der Waals surface area (Å²) in [5.41, 5.74) is 8.29. The Morgan fingerprint density at radius 2 is 1.93 bits per heavy atom. The number of hydrogen-bond donors (Lipinski definition) is 1. The fourth-order valence-corrected chi connectivity index (χ4v) is 3.23. The number of rotatable bonds is 7. The van der Waals surface area contributed by atoms with E-state index in [4.69, 9.17) is 38.9 Å². The fourth-order valence-electron chi connectivity index (χ4n) is 2.72. The van der Waals surface area contributed by atoms with Gasteiger partial charge in [0.2, 0.25) is 5.78 Å². The Balaban J connectivity index is 2.11. The molecule has 0 saturated heterocycles. The number of benzene rings is 1. The minimum absolute atomic E-state index is 0.0753. The molecule has 0 bridgehead atoms. The van der Waals surface area contributed by atoms with Gasteiger partial charge >= 0.3 is 5.97 Å². The SMILES string of the molecule is C/C(N)=C(/C#N)C(=O)COC(=O)/C=C/c1c(C)nn(Cc2c(Cl)cccc2Cl)c1C. The van der Waals surface area contributed by atoms with Gasteiger partial charge in [0.1, 0.15) is 11.6 Å². The summed E-state index contributed by atoms with van der Waals surface area (Å²) >= 11 is 12.5. The van der Waals surface area contributed by atoms with Crippen molar-refractivity contribution >= 4 is 41.0 Å². The van der Waals surface area contributed by atoms with Gasteiger partial charge in [0.25, 0.3) is 0 Å². The maximum Gasteiger partial charge on any atom is 0.331 e. The molecule has 0 saturated carbocycles. The lowest BCUT2D eigenvalue weighted by atomic mass is 10.1. The van der Waals surface area contributed by atoms with Gasteiger partial charge in [0, 0.05) is 38.6 Å². The van der Waals surface area contributed by atoms with Crippen LogP contribution >= 0.6 is 23.2 Å². The number of carbonyl (C=O) groups is 2. The van der Waals surface area contributed by atoms with Crippen molar-refractivity contribution in [2.75, 3.05) is 6.61 Å². The maximum atomic E-state index is 12.0. The highest BCUT2D eigenvalue weighted by Crippen LogP contribution is 2.26. The van der Waals surface area contributed by atoms with Crippen molar-refractivity contribution in [3.05, 3.63) is 68.1 Å². The predicted molar refractivity (Wildman–Crippen MR) is 115 cm³/mol. The van der Waals surface area contributed by atoms with Gasteiger partial charge in [0.15, 0.2) is 6.61 Å². The van der Waals surface area contributed by atoms with Crippen LogP contribution in [-0.4, -0.2) is 28.1 Å². The van der Waals surface area contributed by atoms with Gasteiger partial charge < -0.3 is 10.5 Å². The van der Waals surface area contributed by atoms with E-state index in [2.05, 4.69) is 5.10 Å². The average Bonchev–Trinajstić information content (AvgIpc) is 2.94. The third-order valence-corrected chi connectivity index (χ3v) is 5.03. The molecule has 0 amide bonds. The number of halogens is 2. The smallest absolute Gasteiger partial charge is 0.331 e. The number of Topliss-reactive ketones (excluding diaryl/α,β-unsaturated/α-hetero) is 1. The number of carbonyl (C=O) groups excluding carboxylic acids is 2. The lowest BCUT2D eigenvalue weighted by Gasteiger charge is -2.09. The Morgan fingerprint density at radius 3 is 2.50 bits per heavy atom. The number of nitriles is 1. The summed E-state index contributed by atoms with van der Waals surface area (Å²) in [6.45, 7) is 4.90. The zero-order valence-electron chi connectivity index (χ0n) is 16.7. The number of allylic oxidation sites excluding steroid dienone is 1. The fraction of sp³-hybridized carbons (Fsp3) is 0.238. The van der Waals surface area contributed by atoms with Crippen molar-refractivity contribution in [2.24, 2.45) is 5.73 Å². The molecule has 0 spiro atoms. The normalized spacial score (nSPS) is 11.9. The average molecular weight is 447 g/mol. The first-order valence-corrected chi connectivity index (χ1v) is 9.62. The van der Waals surface area contributed by atoms with Crippen LogP contribution in [0.25, 0.3) is 6.08 Å². The topological polar surface area (TPSA) is 111 Å². The third kappa shape index (κ3) is 5.50. The third-order valence-electron chi connectivity index (χ3n) is 4.32. The first-order chi connectivity index (χ1) is 14.1. The van der Waals surface area contributed by atoms with Crippen molar-refractivity contribution in [1.29, 1.82) is 5.26 Å². The van der Waals surface area contributed by atoms with Gasteiger partial charge in [-0.05, 0) is 39.0 Å². The van der Waals surface area contributed by atoms with Crippen molar-refractivity contribution in [1.82, 2.24) is 9.78 Å². The molecule has 0 aliphatic carbocycles. The van der Waals surface area contributed by atoms with E-state index in [1.54, 1.807) is 41.9 Å². The van der Waals surface area contributed by atoms with Crippen LogP contribution in [0, 0.1) is 25.2 Å². The molecular formula is C21H20Cl2N4O3. The summed E-state index contributed by atoms with van der Waals surface area (Å²) in [6.07, 6.45) is 2.76. The Bertz CT molecular complexity index is 1070. The Hall–Kier alpha value is -3.08. The number of hydrogen-bond acceptors (Lipinski definition) is 6. The summed E-state index contributed by atoms with van der Waals surface area (Å²) < 4.78 is 6.63. The molecule has 0 atom stereocenters. The van der Waals surface area contributed by atoms with E-state index >= 15 is 0 Å². The molecule has 1 heterocycles. The molecule has 0 aliphatic heterocycles. The number of nitrogens with zero attached hydrogens (tertiary/aromatic N) is 3. The number of ketones is 1. The van der Waals surface area contributed by atoms with Crippen LogP contribution in [0.15, 0.2) is 35.5 Å². The van der Waals surface area contributed by atoms with E-state index in [1.165, 1.54) is 13.0 Å². The number of nitrogens with two attached hydrogens (primary N) is 1. The van der Waals surface area contributed by atoms with E-state index in [9.17, 15) is 9.59 Å².